The van der Waals surface area contributed by atoms with Crippen molar-refractivity contribution in [2.24, 2.45) is 5.92 Å². The smallest absolute Gasteiger partial charge is 0.407 e. The van der Waals surface area contributed by atoms with Crippen molar-refractivity contribution in [1.82, 2.24) is 25.8 Å². The number of carbonyl (C=O) groups excluding carboxylic acids is 2. The number of nitrogens with zero attached hydrogens (tertiary/aromatic N) is 3. The van der Waals surface area contributed by atoms with Gasteiger partial charge in [-0.1, -0.05) is 11.2 Å². The van der Waals surface area contributed by atoms with Crippen LogP contribution in [-0.4, -0.2) is 45.9 Å². The van der Waals surface area contributed by atoms with E-state index in [2.05, 4.69) is 25.8 Å². The average Bonchev–Trinajstić information content (AvgIpc) is 3.36. The van der Waals surface area contributed by atoms with Crippen molar-refractivity contribution in [3.05, 3.63) is 58.9 Å². The van der Waals surface area contributed by atoms with Crippen molar-refractivity contribution in [2.45, 2.75) is 78.0 Å². The molecule has 0 saturated heterocycles. The molecule has 0 bridgehead atoms. The molecule has 4 rings (SSSR count). The zero-order chi connectivity index (χ0) is 28.9. The maximum absolute atomic E-state index is 13.7. The minimum atomic E-state index is -0.517. The molecule has 0 spiro atoms. The number of carbonyl (C=O) groups is 2. The van der Waals surface area contributed by atoms with Crippen LogP contribution in [0.15, 0.2) is 34.9 Å². The molecule has 1 fully saturated rings. The summed E-state index contributed by atoms with van der Waals surface area (Å²) in [6.07, 6.45) is 4.05. The van der Waals surface area contributed by atoms with Gasteiger partial charge in [0.25, 0.3) is 5.91 Å². The molecule has 2 heterocycles. The highest BCUT2D eigenvalue weighted by Gasteiger charge is 2.26. The van der Waals surface area contributed by atoms with Gasteiger partial charge in [-0.3, -0.25) is 4.79 Å². The fourth-order valence-corrected chi connectivity index (χ4v) is 4.71. The van der Waals surface area contributed by atoms with Gasteiger partial charge in [0, 0.05) is 18.7 Å². The number of rotatable bonds is 8. The van der Waals surface area contributed by atoms with Crippen LogP contribution in [-0.2, 0) is 17.7 Å². The Balaban J connectivity index is 1.32. The van der Waals surface area contributed by atoms with Crippen molar-refractivity contribution in [3.8, 4) is 17.2 Å². The summed E-state index contributed by atoms with van der Waals surface area (Å²) in [7, 11) is 1.39. The molecule has 2 N–H and O–H groups in total. The standard InChI is InChI=1S/C29H36FN5O5/c1-17-32-23(15-24(33-17)27(36)31-16-19-8-11-22(30)25(13-19)38-5)26-14-21(35-40-26)12-18-6-9-20(10-7-18)34-28(37)39-29(2,3)4/h8,11,13-15,18,20H,6-7,9-10,12,16H2,1-5H3,(H,31,36)(H,34,37). The molecule has 0 aliphatic heterocycles. The van der Waals surface area contributed by atoms with E-state index in [4.69, 9.17) is 14.0 Å². The quantitative estimate of drug-likeness (QED) is 0.392. The van der Waals surface area contributed by atoms with Gasteiger partial charge < -0.3 is 24.6 Å². The van der Waals surface area contributed by atoms with E-state index in [-0.39, 0.29) is 30.1 Å². The molecule has 0 radical (unpaired) electrons. The average molecular weight is 554 g/mol. The molecule has 214 valence electrons. The van der Waals surface area contributed by atoms with Crippen LogP contribution in [0.2, 0.25) is 0 Å². The van der Waals surface area contributed by atoms with Gasteiger partial charge in [-0.2, -0.15) is 0 Å². The summed E-state index contributed by atoms with van der Waals surface area (Å²) in [6, 6.07) is 7.92. The number of ether oxygens (including phenoxy) is 2. The van der Waals surface area contributed by atoms with Gasteiger partial charge in [0.2, 0.25) is 0 Å². The zero-order valence-electron chi connectivity index (χ0n) is 23.5. The maximum Gasteiger partial charge on any atom is 0.407 e. The molecule has 3 aromatic rings. The Morgan fingerprint density at radius 2 is 1.85 bits per heavy atom. The van der Waals surface area contributed by atoms with Gasteiger partial charge in [-0.25, -0.2) is 19.2 Å². The van der Waals surface area contributed by atoms with Crippen LogP contribution in [0.3, 0.4) is 0 Å². The lowest BCUT2D eigenvalue weighted by Crippen LogP contribution is -2.41. The van der Waals surface area contributed by atoms with E-state index < -0.39 is 17.3 Å². The zero-order valence-corrected chi connectivity index (χ0v) is 23.5. The van der Waals surface area contributed by atoms with E-state index >= 15 is 0 Å². The van der Waals surface area contributed by atoms with Crippen LogP contribution in [0.1, 0.15) is 74.0 Å². The number of hydrogen-bond donors (Lipinski definition) is 2. The Hall–Kier alpha value is -4.02. The Bertz CT molecular complexity index is 1340. The first kappa shape index (κ1) is 29.0. The number of aryl methyl sites for hydroxylation is 1. The minimum absolute atomic E-state index is 0.109. The number of aromatic nitrogens is 3. The number of alkyl carbamates (subject to hydrolysis) is 1. The van der Waals surface area contributed by atoms with E-state index in [1.807, 2.05) is 26.8 Å². The summed E-state index contributed by atoms with van der Waals surface area (Å²) in [4.78, 5) is 33.6. The number of halogens is 1. The highest BCUT2D eigenvalue weighted by atomic mass is 19.1. The first-order valence-corrected chi connectivity index (χ1v) is 13.4. The second-order valence-electron chi connectivity index (χ2n) is 11.1. The summed E-state index contributed by atoms with van der Waals surface area (Å²) in [5.41, 5.74) is 1.63. The van der Waals surface area contributed by atoms with E-state index in [0.717, 1.165) is 37.8 Å². The molecule has 2 amide bonds. The molecule has 2 aromatic heterocycles. The minimum Gasteiger partial charge on any atom is -0.494 e. The Morgan fingerprint density at radius 3 is 2.55 bits per heavy atom. The molecule has 11 heteroatoms. The van der Waals surface area contributed by atoms with Gasteiger partial charge in [0.05, 0.1) is 12.8 Å². The molecule has 1 aromatic carbocycles. The van der Waals surface area contributed by atoms with Crippen molar-refractivity contribution >= 4 is 12.0 Å². The van der Waals surface area contributed by atoms with Crippen molar-refractivity contribution in [1.29, 1.82) is 0 Å². The maximum atomic E-state index is 13.7. The predicted octanol–water partition coefficient (Wildman–Crippen LogP) is 5.14. The topological polar surface area (TPSA) is 128 Å². The molecule has 1 aliphatic rings. The molecule has 40 heavy (non-hydrogen) atoms. The molecule has 0 atom stereocenters. The van der Waals surface area contributed by atoms with Crippen molar-refractivity contribution in [2.75, 3.05) is 7.11 Å². The lowest BCUT2D eigenvalue weighted by Gasteiger charge is -2.29. The van der Waals surface area contributed by atoms with Crippen molar-refractivity contribution in [3.63, 3.8) is 0 Å². The first-order valence-electron chi connectivity index (χ1n) is 13.4. The molecule has 10 nitrogen and oxygen atoms in total. The van der Waals surface area contributed by atoms with Crippen LogP contribution in [0.25, 0.3) is 11.5 Å². The number of nitrogens with one attached hydrogen (secondary N) is 2. The monoisotopic (exact) mass is 553 g/mol. The van der Waals surface area contributed by atoms with E-state index in [1.54, 1.807) is 19.1 Å². The summed E-state index contributed by atoms with van der Waals surface area (Å²) >= 11 is 0. The largest absolute Gasteiger partial charge is 0.494 e. The molecular weight excluding hydrogens is 517 g/mol. The molecule has 0 unspecified atom stereocenters. The van der Waals surface area contributed by atoms with Gasteiger partial charge >= 0.3 is 6.09 Å². The van der Waals surface area contributed by atoms with Crippen LogP contribution in [0.4, 0.5) is 9.18 Å². The van der Waals surface area contributed by atoms with Crippen LogP contribution in [0.5, 0.6) is 5.75 Å². The van der Waals surface area contributed by atoms with Crippen LogP contribution < -0.4 is 15.4 Å². The Labute approximate surface area is 233 Å². The lowest BCUT2D eigenvalue weighted by atomic mass is 9.83. The number of hydrogen-bond acceptors (Lipinski definition) is 8. The Kier molecular flexibility index (Phi) is 9.01. The first-order chi connectivity index (χ1) is 19.0. The summed E-state index contributed by atoms with van der Waals surface area (Å²) < 4.78 is 29.6. The van der Waals surface area contributed by atoms with Crippen molar-refractivity contribution < 1.29 is 28.0 Å². The molecule has 1 saturated carbocycles. The van der Waals surface area contributed by atoms with E-state index in [9.17, 15) is 14.0 Å². The van der Waals surface area contributed by atoms with E-state index in [0.29, 0.717) is 28.8 Å². The fraction of sp³-hybridized carbons (Fsp3) is 0.483. The highest BCUT2D eigenvalue weighted by Crippen LogP contribution is 2.29. The summed E-state index contributed by atoms with van der Waals surface area (Å²) in [6.45, 7) is 7.42. The second kappa shape index (κ2) is 12.4. The van der Waals surface area contributed by atoms with Gasteiger partial charge in [0.1, 0.15) is 22.8 Å². The third-order valence-electron chi connectivity index (χ3n) is 6.62. The normalized spacial score (nSPS) is 17.2. The van der Waals surface area contributed by atoms with Gasteiger partial charge in [-0.05, 0) is 89.5 Å². The van der Waals surface area contributed by atoms with E-state index in [1.165, 1.54) is 19.2 Å². The van der Waals surface area contributed by atoms with Gasteiger partial charge in [-0.15, -0.1) is 0 Å². The SMILES string of the molecule is COc1cc(CNC(=O)c2cc(-c3cc(CC4CCC(NC(=O)OC(C)(C)C)CC4)no3)nc(C)n2)ccc1F. The summed E-state index contributed by atoms with van der Waals surface area (Å²) in [5, 5.41) is 9.99. The second-order valence-corrected chi connectivity index (χ2v) is 11.1. The lowest BCUT2D eigenvalue weighted by molar-refractivity contribution is 0.0487. The third kappa shape index (κ3) is 8.00. The van der Waals surface area contributed by atoms with Crippen LogP contribution >= 0.6 is 0 Å². The Morgan fingerprint density at radius 1 is 1.10 bits per heavy atom. The third-order valence-corrected chi connectivity index (χ3v) is 6.62. The fourth-order valence-electron chi connectivity index (χ4n) is 4.71. The predicted molar refractivity (Wildman–Crippen MR) is 145 cm³/mol. The number of benzene rings is 1. The number of methoxy groups -OCH3 is 1. The molecule has 1 aliphatic carbocycles. The number of amides is 2. The molecular formula is C29H36FN5O5. The highest BCUT2D eigenvalue weighted by molar-refractivity contribution is 5.93. The van der Waals surface area contributed by atoms with Crippen LogP contribution in [0, 0.1) is 18.7 Å². The summed E-state index contributed by atoms with van der Waals surface area (Å²) in [5.74, 6) is 0.541. The van der Waals surface area contributed by atoms with Gasteiger partial charge in [0.15, 0.2) is 17.3 Å².